The van der Waals surface area contributed by atoms with E-state index in [4.69, 9.17) is 14.6 Å². The summed E-state index contributed by atoms with van der Waals surface area (Å²) < 4.78 is 26.3. The molecule has 1 aliphatic rings. The van der Waals surface area contributed by atoms with E-state index in [9.17, 15) is 9.18 Å². The Kier molecular flexibility index (Phi) is 5.21. The number of pyridine rings is 1. The number of halogens is 1. The van der Waals surface area contributed by atoms with Crippen molar-refractivity contribution in [3.63, 3.8) is 0 Å². The monoisotopic (exact) mass is 374 g/mol. The van der Waals surface area contributed by atoms with Gasteiger partial charge < -0.3 is 19.9 Å². The third kappa shape index (κ3) is 4.48. The third-order valence-electron chi connectivity index (χ3n) is 4.48. The molecule has 2 aromatic rings. The zero-order valence-electron chi connectivity index (χ0n) is 15.5. The SMILES string of the molecule is CC(CC(C)(F)COc1ccc2c(c1)OC(C)c1cnccc1-2)NC(=O)O. The van der Waals surface area contributed by atoms with Crippen molar-refractivity contribution in [2.24, 2.45) is 0 Å². The summed E-state index contributed by atoms with van der Waals surface area (Å²) in [5, 5.41) is 11.0. The summed E-state index contributed by atoms with van der Waals surface area (Å²) in [5.74, 6) is 1.18. The Morgan fingerprint density at radius 2 is 2.22 bits per heavy atom. The molecule has 7 heteroatoms. The molecule has 3 rings (SSSR count). The summed E-state index contributed by atoms with van der Waals surface area (Å²) in [6, 6.07) is 6.85. The average molecular weight is 374 g/mol. The number of hydrogen-bond acceptors (Lipinski definition) is 4. The van der Waals surface area contributed by atoms with Crippen LogP contribution in [0.4, 0.5) is 9.18 Å². The van der Waals surface area contributed by atoms with Gasteiger partial charge in [0.2, 0.25) is 0 Å². The van der Waals surface area contributed by atoms with Crippen LogP contribution in [0.25, 0.3) is 11.1 Å². The van der Waals surface area contributed by atoms with Crippen LogP contribution in [0.3, 0.4) is 0 Å². The van der Waals surface area contributed by atoms with Crippen LogP contribution in [0.1, 0.15) is 38.9 Å². The van der Waals surface area contributed by atoms with Crippen molar-refractivity contribution < 1.29 is 23.8 Å². The molecule has 144 valence electrons. The van der Waals surface area contributed by atoms with Gasteiger partial charge in [0.1, 0.15) is 29.9 Å². The Hall–Kier alpha value is -2.83. The Morgan fingerprint density at radius 3 is 2.96 bits per heavy atom. The van der Waals surface area contributed by atoms with Crippen molar-refractivity contribution in [2.75, 3.05) is 6.61 Å². The molecule has 0 spiro atoms. The van der Waals surface area contributed by atoms with Gasteiger partial charge in [0.05, 0.1) is 0 Å². The first kappa shape index (κ1) is 18.9. The maximum Gasteiger partial charge on any atom is 0.404 e. The van der Waals surface area contributed by atoms with Crippen molar-refractivity contribution >= 4 is 6.09 Å². The highest BCUT2D eigenvalue weighted by Gasteiger charge is 2.28. The van der Waals surface area contributed by atoms with E-state index < -0.39 is 17.8 Å². The minimum Gasteiger partial charge on any atom is -0.490 e. The molecule has 0 saturated heterocycles. The minimum absolute atomic E-state index is 0.0121. The second-order valence-electron chi connectivity index (χ2n) is 7.14. The van der Waals surface area contributed by atoms with E-state index in [0.29, 0.717) is 11.5 Å². The Bertz CT molecular complexity index is 840. The van der Waals surface area contributed by atoms with Crippen LogP contribution in [-0.2, 0) is 0 Å². The van der Waals surface area contributed by atoms with E-state index in [-0.39, 0.29) is 19.1 Å². The number of fused-ring (bicyclic) bond motifs is 3. The Morgan fingerprint density at radius 1 is 1.44 bits per heavy atom. The molecule has 3 atom stereocenters. The molecular formula is C20H23FN2O4. The van der Waals surface area contributed by atoms with Crippen LogP contribution >= 0.6 is 0 Å². The lowest BCUT2D eigenvalue weighted by molar-refractivity contribution is 0.0832. The number of hydrogen-bond donors (Lipinski definition) is 2. The molecular weight excluding hydrogens is 351 g/mol. The van der Waals surface area contributed by atoms with Crippen molar-refractivity contribution in [1.82, 2.24) is 10.3 Å². The summed E-state index contributed by atoms with van der Waals surface area (Å²) in [6.07, 6.45) is 2.25. The molecule has 1 aliphatic heterocycles. The number of benzene rings is 1. The number of nitrogens with one attached hydrogen (secondary N) is 1. The van der Waals surface area contributed by atoms with Crippen LogP contribution in [-0.4, -0.2) is 34.5 Å². The first-order chi connectivity index (χ1) is 12.7. The van der Waals surface area contributed by atoms with Crippen LogP contribution in [0, 0.1) is 0 Å². The molecule has 2 N–H and O–H groups in total. The summed E-state index contributed by atoms with van der Waals surface area (Å²) in [7, 11) is 0. The lowest BCUT2D eigenvalue weighted by Crippen LogP contribution is -2.39. The number of amides is 1. The summed E-state index contributed by atoms with van der Waals surface area (Å²) in [6.45, 7) is 4.78. The van der Waals surface area contributed by atoms with Crippen LogP contribution in [0.15, 0.2) is 36.7 Å². The average Bonchev–Trinajstić information content (AvgIpc) is 2.59. The number of nitrogens with zero attached hydrogens (tertiary/aromatic N) is 1. The van der Waals surface area contributed by atoms with Gasteiger partial charge in [-0.05, 0) is 44.5 Å². The number of alkyl halides is 1. The van der Waals surface area contributed by atoms with Gasteiger partial charge in [0.15, 0.2) is 0 Å². The predicted octanol–water partition coefficient (Wildman–Crippen LogP) is 4.36. The third-order valence-corrected chi connectivity index (χ3v) is 4.48. The number of ether oxygens (including phenoxy) is 2. The van der Waals surface area contributed by atoms with Gasteiger partial charge in [-0.2, -0.15) is 0 Å². The quantitative estimate of drug-likeness (QED) is 0.785. The summed E-state index contributed by atoms with van der Waals surface area (Å²) >= 11 is 0. The zero-order valence-corrected chi connectivity index (χ0v) is 15.5. The number of rotatable bonds is 6. The fourth-order valence-corrected chi connectivity index (χ4v) is 3.34. The maximum absolute atomic E-state index is 14.7. The van der Waals surface area contributed by atoms with E-state index in [0.717, 1.165) is 16.7 Å². The highest BCUT2D eigenvalue weighted by Crippen LogP contribution is 2.43. The molecule has 0 bridgehead atoms. The van der Waals surface area contributed by atoms with Gasteiger partial charge >= 0.3 is 6.09 Å². The molecule has 0 aliphatic carbocycles. The maximum atomic E-state index is 14.7. The second kappa shape index (κ2) is 7.42. The normalized spacial score (nSPS) is 18.3. The molecule has 0 fully saturated rings. The van der Waals surface area contributed by atoms with Crippen LogP contribution < -0.4 is 14.8 Å². The first-order valence-corrected chi connectivity index (χ1v) is 8.81. The number of carbonyl (C=O) groups is 1. The first-order valence-electron chi connectivity index (χ1n) is 8.81. The minimum atomic E-state index is -1.68. The van der Waals surface area contributed by atoms with Gasteiger partial charge in [-0.1, -0.05) is 0 Å². The van der Waals surface area contributed by atoms with E-state index in [1.54, 1.807) is 31.5 Å². The Balaban J connectivity index is 1.70. The fraction of sp³-hybridized carbons (Fsp3) is 0.400. The Labute approximate surface area is 157 Å². The van der Waals surface area contributed by atoms with E-state index in [2.05, 4.69) is 10.3 Å². The highest BCUT2D eigenvalue weighted by molar-refractivity contribution is 5.76. The predicted molar refractivity (Wildman–Crippen MR) is 99.0 cm³/mol. The van der Waals surface area contributed by atoms with E-state index in [1.165, 1.54) is 6.92 Å². The van der Waals surface area contributed by atoms with Gasteiger partial charge in [-0.25, -0.2) is 9.18 Å². The van der Waals surface area contributed by atoms with E-state index in [1.807, 2.05) is 19.1 Å². The molecule has 6 nitrogen and oxygen atoms in total. The smallest absolute Gasteiger partial charge is 0.404 e. The van der Waals surface area contributed by atoms with Crippen molar-refractivity contribution in [1.29, 1.82) is 0 Å². The molecule has 3 unspecified atom stereocenters. The molecule has 1 amide bonds. The van der Waals surface area contributed by atoms with Crippen molar-refractivity contribution in [2.45, 2.75) is 45.0 Å². The highest BCUT2D eigenvalue weighted by atomic mass is 19.1. The second-order valence-corrected chi connectivity index (χ2v) is 7.14. The topological polar surface area (TPSA) is 80.7 Å². The van der Waals surface area contributed by atoms with Crippen molar-refractivity contribution in [3.8, 4) is 22.6 Å². The lowest BCUT2D eigenvalue weighted by atomic mass is 9.95. The lowest BCUT2D eigenvalue weighted by Gasteiger charge is -2.27. The largest absolute Gasteiger partial charge is 0.490 e. The van der Waals surface area contributed by atoms with E-state index >= 15 is 0 Å². The van der Waals surface area contributed by atoms with Gasteiger partial charge in [0.25, 0.3) is 0 Å². The molecule has 0 saturated carbocycles. The molecule has 27 heavy (non-hydrogen) atoms. The van der Waals surface area contributed by atoms with Crippen LogP contribution in [0.2, 0.25) is 0 Å². The summed E-state index contributed by atoms with van der Waals surface area (Å²) in [4.78, 5) is 14.8. The standard InChI is InChI=1S/C20H23FN2O4/c1-12(23-19(24)25)9-20(3,21)11-26-14-4-5-16-15-6-7-22-10-17(15)13(2)27-18(16)8-14/h4-8,10,12-13,23H,9,11H2,1-3H3,(H,24,25). The zero-order chi connectivity index (χ0) is 19.6. The fourth-order valence-electron chi connectivity index (χ4n) is 3.34. The summed E-state index contributed by atoms with van der Waals surface area (Å²) in [5.41, 5.74) is 1.36. The molecule has 2 heterocycles. The van der Waals surface area contributed by atoms with Crippen LogP contribution in [0.5, 0.6) is 11.5 Å². The van der Waals surface area contributed by atoms with Gasteiger partial charge in [0, 0.05) is 42.0 Å². The van der Waals surface area contributed by atoms with Crippen molar-refractivity contribution in [3.05, 3.63) is 42.2 Å². The molecule has 0 radical (unpaired) electrons. The number of aromatic nitrogens is 1. The molecule has 1 aromatic heterocycles. The van der Waals surface area contributed by atoms with Gasteiger partial charge in [-0.15, -0.1) is 0 Å². The number of carboxylic acid groups (broad SMARTS) is 1. The molecule has 1 aromatic carbocycles. The van der Waals surface area contributed by atoms with Gasteiger partial charge in [-0.3, -0.25) is 4.98 Å².